The summed E-state index contributed by atoms with van der Waals surface area (Å²) in [5.41, 5.74) is 0. The molecule has 19 heteroatoms. The molecule has 0 radical (unpaired) electrons. The lowest BCUT2D eigenvalue weighted by molar-refractivity contribution is -0.161. The topological polar surface area (TPSA) is 237 Å². The average molecular weight is 1460 g/mol. The fourth-order valence-electron chi connectivity index (χ4n) is 8.75. The summed E-state index contributed by atoms with van der Waals surface area (Å²) >= 11 is 0. The number of esters is 4. The van der Waals surface area contributed by atoms with Crippen molar-refractivity contribution in [3.8, 4) is 0 Å². The van der Waals surface area contributed by atoms with Crippen LogP contribution in [0, 0.1) is 0 Å². The van der Waals surface area contributed by atoms with Crippen molar-refractivity contribution in [2.45, 2.75) is 251 Å². The van der Waals surface area contributed by atoms with E-state index in [-0.39, 0.29) is 25.7 Å². The normalized spacial score (nSPS) is 15.1. The molecule has 102 heavy (non-hydrogen) atoms. The summed E-state index contributed by atoms with van der Waals surface area (Å²) in [7, 11) is -10.0. The number of unbranched alkanes of at least 4 members (excludes halogenated alkanes) is 8. The number of carbonyl (C=O) groups is 4. The Morgan fingerprint density at radius 2 is 0.529 bits per heavy atom. The number of aliphatic hydroxyl groups excluding tert-OH is 1. The van der Waals surface area contributed by atoms with Crippen LogP contribution in [-0.2, 0) is 65.4 Å². The van der Waals surface area contributed by atoms with Gasteiger partial charge in [-0.3, -0.25) is 37.3 Å². The van der Waals surface area contributed by atoms with Gasteiger partial charge >= 0.3 is 39.5 Å². The van der Waals surface area contributed by atoms with Gasteiger partial charge in [0.1, 0.15) is 19.3 Å². The Kier molecular flexibility index (Phi) is 68.4. The Morgan fingerprint density at radius 1 is 0.284 bits per heavy atom. The van der Waals surface area contributed by atoms with Crippen LogP contribution in [0.1, 0.15) is 233 Å². The Morgan fingerprint density at radius 3 is 0.882 bits per heavy atom. The number of carbonyl (C=O) groups excluding carboxylic acids is 4. The van der Waals surface area contributed by atoms with Gasteiger partial charge in [0.25, 0.3) is 0 Å². The lowest BCUT2D eigenvalue weighted by Crippen LogP contribution is -2.30. The van der Waals surface area contributed by atoms with Gasteiger partial charge in [0.15, 0.2) is 12.2 Å². The quantitative estimate of drug-likeness (QED) is 0.0169. The maximum Gasteiger partial charge on any atom is 0.472 e. The third-order valence-corrected chi connectivity index (χ3v) is 16.2. The zero-order chi connectivity index (χ0) is 74.6. The highest BCUT2D eigenvalue weighted by Gasteiger charge is 2.30. The van der Waals surface area contributed by atoms with Gasteiger partial charge in [-0.1, -0.05) is 254 Å². The van der Waals surface area contributed by atoms with Crippen LogP contribution < -0.4 is 0 Å². The molecule has 0 spiro atoms. The molecule has 572 valence electrons. The Labute approximate surface area is 614 Å². The van der Waals surface area contributed by atoms with E-state index in [1.54, 1.807) is 12.2 Å². The van der Waals surface area contributed by atoms with Crippen molar-refractivity contribution in [3.05, 3.63) is 207 Å². The number of allylic oxidation sites excluding steroid dienone is 33. The predicted molar refractivity (Wildman–Crippen MR) is 417 cm³/mol. The molecule has 0 fully saturated rings. The van der Waals surface area contributed by atoms with Crippen LogP contribution in [0.25, 0.3) is 0 Å². The van der Waals surface area contributed by atoms with Gasteiger partial charge in [0.05, 0.1) is 32.8 Å². The van der Waals surface area contributed by atoms with Gasteiger partial charge < -0.3 is 33.8 Å². The summed E-state index contributed by atoms with van der Waals surface area (Å²) in [5.74, 6) is -2.49. The monoisotopic (exact) mass is 1460 g/mol. The molecule has 0 bridgehead atoms. The number of phosphoric ester groups is 2. The Bertz CT molecular complexity index is 2750. The second-order valence-electron chi connectivity index (χ2n) is 23.7. The molecule has 0 saturated carbocycles. The molecule has 3 N–H and O–H groups in total. The highest BCUT2D eigenvalue weighted by atomic mass is 31.2. The zero-order valence-corrected chi connectivity index (χ0v) is 64.0. The van der Waals surface area contributed by atoms with Crippen molar-refractivity contribution in [2.75, 3.05) is 39.6 Å². The van der Waals surface area contributed by atoms with Crippen molar-refractivity contribution < 1.29 is 80.2 Å². The smallest absolute Gasteiger partial charge is 0.462 e. The summed E-state index contributed by atoms with van der Waals surface area (Å²) in [4.78, 5) is 72.8. The third kappa shape index (κ3) is 72.0. The minimum atomic E-state index is -5.03. The molecule has 5 unspecified atom stereocenters. The van der Waals surface area contributed by atoms with Gasteiger partial charge in [0.2, 0.25) is 0 Å². The van der Waals surface area contributed by atoms with Crippen molar-refractivity contribution in [1.29, 1.82) is 0 Å². The predicted octanol–water partition coefficient (Wildman–Crippen LogP) is 21.5. The van der Waals surface area contributed by atoms with Crippen molar-refractivity contribution in [3.63, 3.8) is 0 Å². The molecule has 0 aliphatic rings. The Balaban J connectivity index is 5.56. The molecule has 0 aromatic rings. The molecule has 0 heterocycles. The second-order valence-corrected chi connectivity index (χ2v) is 26.6. The fourth-order valence-corrected chi connectivity index (χ4v) is 10.3. The molecule has 0 aliphatic heterocycles. The van der Waals surface area contributed by atoms with Crippen LogP contribution in [0.3, 0.4) is 0 Å². The highest BCUT2D eigenvalue weighted by Crippen LogP contribution is 2.45. The van der Waals surface area contributed by atoms with E-state index in [1.165, 1.54) is 0 Å². The molecule has 0 amide bonds. The number of hydrogen-bond acceptors (Lipinski definition) is 15. The summed E-state index contributed by atoms with van der Waals surface area (Å²) < 4.78 is 68.2. The lowest BCUT2D eigenvalue weighted by Gasteiger charge is -2.21. The number of ether oxygens (including phenoxy) is 4. The summed E-state index contributed by atoms with van der Waals surface area (Å²) in [6.45, 7) is 4.11. The number of aliphatic hydroxyl groups is 1. The molecule has 17 nitrogen and oxygen atoms in total. The average Bonchev–Trinajstić information content (AvgIpc) is 0.923. The maximum absolute atomic E-state index is 13.1. The van der Waals surface area contributed by atoms with Crippen molar-refractivity contribution in [1.82, 2.24) is 0 Å². The lowest BCUT2D eigenvalue weighted by atomic mass is 10.1. The first kappa shape index (κ1) is 95.6. The first-order chi connectivity index (χ1) is 49.7. The molecule has 0 rings (SSSR count). The first-order valence-corrected chi connectivity index (χ1v) is 40.3. The minimum Gasteiger partial charge on any atom is -0.462 e. The standard InChI is InChI=1S/C83H128O17P2/c1-5-9-13-17-21-25-29-33-37-38-42-44-48-52-56-60-64-68-81(86)94-74-79(100-83(88)70-66-62-58-54-50-46-41-36-32-28-24-20-16-12-8-4)76-98-102(91,92)96-72-77(84)71-95-101(89,90)97-75-78(99-82(87)69-65-61-57-53-49-45-40-35-31-27-23-19-15-11-7-3)73-93-80(85)67-63-59-55-51-47-43-39-34-30-26-22-18-14-10-6-2/h9-16,21-28,33-37,39-42,44,47,50-52,54,56,62,66,77-79,84H,5-8,17-20,29-32,38,43,45-46,48-49,53,55,57-61,63-65,67-76H2,1-4H3,(H,89,90)(H,91,92)/b13-9-,14-10-,15-11-,16-12-,25-21-,26-22-,27-23-,28-24-,37-33-,39-34-,40-35-,41-36-,44-42-,51-47-,54-50-,56-52-,66-62-. The number of hydrogen-bond donors (Lipinski definition) is 3. The van der Waals surface area contributed by atoms with Gasteiger partial charge in [-0.25, -0.2) is 9.13 Å². The largest absolute Gasteiger partial charge is 0.472 e. The van der Waals surface area contributed by atoms with Crippen LogP contribution in [0.4, 0.5) is 0 Å². The van der Waals surface area contributed by atoms with Crippen LogP contribution >= 0.6 is 15.6 Å². The summed E-state index contributed by atoms with van der Waals surface area (Å²) in [6, 6.07) is 0. The van der Waals surface area contributed by atoms with E-state index < -0.39 is 97.5 Å². The van der Waals surface area contributed by atoms with E-state index >= 15 is 0 Å². The number of phosphoric acid groups is 2. The molecular formula is C83H128O17P2. The van der Waals surface area contributed by atoms with E-state index in [4.69, 9.17) is 37.0 Å². The Hall–Kier alpha value is -6.36. The maximum atomic E-state index is 13.1. The molecule has 0 aliphatic carbocycles. The van der Waals surface area contributed by atoms with Gasteiger partial charge in [-0.15, -0.1) is 0 Å². The van der Waals surface area contributed by atoms with Crippen LogP contribution in [-0.4, -0.2) is 96.7 Å². The van der Waals surface area contributed by atoms with Crippen LogP contribution in [0.15, 0.2) is 207 Å². The van der Waals surface area contributed by atoms with Gasteiger partial charge in [-0.2, -0.15) is 0 Å². The van der Waals surface area contributed by atoms with E-state index in [1.807, 2.05) is 24.3 Å². The van der Waals surface area contributed by atoms with Crippen LogP contribution in [0.5, 0.6) is 0 Å². The van der Waals surface area contributed by atoms with Gasteiger partial charge in [0, 0.05) is 19.3 Å². The summed E-state index contributed by atoms with van der Waals surface area (Å²) in [6.07, 6.45) is 90.1. The third-order valence-electron chi connectivity index (χ3n) is 14.3. The molecule has 0 saturated heterocycles. The second kappa shape index (κ2) is 73.0. The minimum absolute atomic E-state index is 0.0534. The van der Waals surface area contributed by atoms with Crippen LogP contribution in [0.2, 0.25) is 0 Å². The molecular weight excluding hydrogens is 1330 g/mol. The van der Waals surface area contributed by atoms with Crippen molar-refractivity contribution in [2.24, 2.45) is 0 Å². The number of rotatable bonds is 67. The van der Waals surface area contributed by atoms with Gasteiger partial charge in [-0.05, 0) is 161 Å². The summed E-state index contributed by atoms with van der Waals surface area (Å²) in [5, 5.41) is 10.6. The zero-order valence-electron chi connectivity index (χ0n) is 62.2. The van der Waals surface area contributed by atoms with E-state index in [9.17, 15) is 43.2 Å². The molecule has 0 aromatic heterocycles. The van der Waals surface area contributed by atoms with E-state index in [2.05, 4.69) is 198 Å². The van der Waals surface area contributed by atoms with E-state index in [0.29, 0.717) is 32.1 Å². The fraction of sp³-hybridized carbons (Fsp3) is 0.542. The van der Waals surface area contributed by atoms with Crippen molar-refractivity contribution >= 4 is 39.5 Å². The molecule has 5 atom stereocenters. The molecule has 0 aromatic carbocycles. The van der Waals surface area contributed by atoms with E-state index in [0.717, 1.165) is 148 Å². The SMILES string of the molecule is CC/C=C\C/C=C\C/C=C\C/C=C\C/C=C\CCCC(=O)OCC(COP(=O)(O)OCC(O)COP(=O)(O)OCC(COC(=O)CCCC/C=C\C/C=C\C/C=C\C/C=C\CC)OC(=O)CCCCCCC/C=C\C/C=C\C/C=C\CC)OC(=O)C/C=C\C/C=C\C/C=C\C/C=C\C/C=C\CC. The first-order valence-electron chi connectivity index (χ1n) is 37.3. The highest BCUT2D eigenvalue weighted by molar-refractivity contribution is 7.47.